The van der Waals surface area contributed by atoms with Gasteiger partial charge >= 0.3 is 0 Å². The van der Waals surface area contributed by atoms with Gasteiger partial charge in [-0.3, -0.25) is 14.9 Å². The quantitative estimate of drug-likeness (QED) is 0.259. The number of hydrogen-bond acceptors (Lipinski definition) is 5. The number of anilines is 1. The number of rotatable bonds is 4. The highest BCUT2D eigenvalue weighted by Gasteiger charge is 2.20. The summed E-state index contributed by atoms with van der Waals surface area (Å²) in [5.41, 5.74) is 0.574. The first-order valence-corrected chi connectivity index (χ1v) is 8.81. The van der Waals surface area contributed by atoms with E-state index in [1.54, 1.807) is 0 Å². The van der Waals surface area contributed by atoms with Gasteiger partial charge in [-0.2, -0.15) is 0 Å². The van der Waals surface area contributed by atoms with Crippen molar-refractivity contribution in [3.8, 4) is 11.5 Å². The number of carbonyl (C=O) groups excluding carboxylic acids is 1. The van der Waals surface area contributed by atoms with Gasteiger partial charge in [-0.1, -0.05) is 23.7 Å². The Balaban J connectivity index is 1.66. The molecule has 4 rings (SSSR count). The van der Waals surface area contributed by atoms with Gasteiger partial charge in [0.25, 0.3) is 11.6 Å². The summed E-state index contributed by atoms with van der Waals surface area (Å²) in [6.45, 7) is 0. The molecule has 4 aromatic rings. The molecular weight excluding hydrogens is 420 g/mol. The van der Waals surface area contributed by atoms with Crippen LogP contribution in [0.3, 0.4) is 0 Å². The fraction of sp³-hybridized carbons (Fsp3) is 0. The summed E-state index contributed by atoms with van der Waals surface area (Å²) in [6, 6.07) is 11.7. The molecule has 0 bridgehead atoms. The lowest BCUT2D eigenvalue weighted by Crippen LogP contribution is -2.13. The molecule has 10 heteroatoms. The van der Waals surface area contributed by atoms with Crippen LogP contribution in [0.2, 0.25) is 5.02 Å². The Morgan fingerprint density at radius 1 is 1.10 bits per heavy atom. The number of aromatic nitrogens is 1. The Kier molecular flexibility index (Phi) is 4.88. The van der Waals surface area contributed by atoms with Crippen molar-refractivity contribution in [3.63, 3.8) is 0 Å². The second-order valence-electron chi connectivity index (χ2n) is 6.18. The van der Waals surface area contributed by atoms with Crippen molar-refractivity contribution in [2.75, 3.05) is 5.32 Å². The normalized spacial score (nSPS) is 10.9. The summed E-state index contributed by atoms with van der Waals surface area (Å²) in [7, 11) is 0. The monoisotopic (exact) mass is 429 g/mol. The van der Waals surface area contributed by atoms with E-state index in [-0.39, 0.29) is 27.7 Å². The Morgan fingerprint density at radius 3 is 2.60 bits per heavy atom. The molecule has 0 spiro atoms. The number of fused-ring (bicyclic) bond motifs is 1. The summed E-state index contributed by atoms with van der Waals surface area (Å²) in [5, 5.41) is 13.6. The standard InChI is InChI=1S/C20H10ClF2N3O4/c21-13-9-15(23)14(22)8-12(13)20-25-16-7-10(5-6-18(16)30-20)24-19(27)11-3-1-2-4-17(11)26(28)29/h1-9H,(H,24,27). The van der Waals surface area contributed by atoms with Crippen LogP contribution in [0.1, 0.15) is 10.4 Å². The molecule has 0 aliphatic heterocycles. The number of halogens is 3. The third-order valence-corrected chi connectivity index (χ3v) is 4.54. The van der Waals surface area contributed by atoms with Crippen LogP contribution in [0.15, 0.2) is 59.0 Å². The van der Waals surface area contributed by atoms with Gasteiger partial charge in [0.05, 0.1) is 15.5 Å². The lowest BCUT2D eigenvalue weighted by Gasteiger charge is -2.05. The highest BCUT2D eigenvalue weighted by molar-refractivity contribution is 6.33. The highest BCUT2D eigenvalue weighted by Crippen LogP contribution is 2.32. The van der Waals surface area contributed by atoms with Crippen molar-refractivity contribution in [2.45, 2.75) is 0 Å². The van der Waals surface area contributed by atoms with Crippen molar-refractivity contribution < 1.29 is 22.9 Å². The number of benzene rings is 3. The van der Waals surface area contributed by atoms with Crippen LogP contribution in [0.5, 0.6) is 0 Å². The molecule has 0 saturated carbocycles. The maximum atomic E-state index is 13.6. The van der Waals surface area contributed by atoms with E-state index >= 15 is 0 Å². The zero-order valence-corrected chi connectivity index (χ0v) is 15.6. The molecule has 0 fully saturated rings. The minimum absolute atomic E-state index is 0.0314. The van der Waals surface area contributed by atoms with Gasteiger partial charge in [-0.25, -0.2) is 13.8 Å². The molecule has 1 heterocycles. The maximum Gasteiger partial charge on any atom is 0.282 e. The van der Waals surface area contributed by atoms with Crippen molar-refractivity contribution in [1.82, 2.24) is 4.98 Å². The third-order valence-electron chi connectivity index (χ3n) is 4.23. The van der Waals surface area contributed by atoms with Crippen LogP contribution < -0.4 is 5.32 Å². The molecule has 0 unspecified atom stereocenters. The first-order valence-electron chi connectivity index (χ1n) is 8.44. The van der Waals surface area contributed by atoms with Gasteiger partial charge in [0.1, 0.15) is 11.1 Å². The van der Waals surface area contributed by atoms with E-state index in [4.69, 9.17) is 16.0 Å². The molecule has 0 aliphatic rings. The molecule has 1 aromatic heterocycles. The molecule has 0 radical (unpaired) electrons. The molecular formula is C20H10ClF2N3O4. The Hall–Kier alpha value is -3.85. The van der Waals surface area contributed by atoms with E-state index in [2.05, 4.69) is 10.3 Å². The maximum absolute atomic E-state index is 13.6. The molecule has 3 aromatic carbocycles. The number of nitrogens with one attached hydrogen (secondary N) is 1. The van der Waals surface area contributed by atoms with E-state index in [0.29, 0.717) is 16.8 Å². The molecule has 7 nitrogen and oxygen atoms in total. The Bertz CT molecular complexity index is 1320. The van der Waals surface area contributed by atoms with Crippen molar-refractivity contribution in [1.29, 1.82) is 0 Å². The van der Waals surface area contributed by atoms with E-state index < -0.39 is 22.5 Å². The summed E-state index contributed by atoms with van der Waals surface area (Å²) in [4.78, 5) is 27.1. The van der Waals surface area contributed by atoms with E-state index in [0.717, 1.165) is 12.1 Å². The minimum atomic E-state index is -1.10. The molecule has 30 heavy (non-hydrogen) atoms. The van der Waals surface area contributed by atoms with Crippen LogP contribution in [0.25, 0.3) is 22.6 Å². The molecule has 1 amide bonds. The smallest absolute Gasteiger partial charge is 0.282 e. The lowest BCUT2D eigenvalue weighted by molar-refractivity contribution is -0.385. The number of carbonyl (C=O) groups is 1. The predicted molar refractivity (Wildman–Crippen MR) is 105 cm³/mol. The zero-order valence-electron chi connectivity index (χ0n) is 14.9. The predicted octanol–water partition coefficient (Wildman–Crippen LogP) is 5.59. The lowest BCUT2D eigenvalue weighted by atomic mass is 10.1. The van der Waals surface area contributed by atoms with E-state index in [1.807, 2.05) is 0 Å². The van der Waals surface area contributed by atoms with Crippen LogP contribution in [0.4, 0.5) is 20.2 Å². The van der Waals surface area contributed by atoms with Crippen LogP contribution in [0, 0.1) is 21.7 Å². The SMILES string of the molecule is O=C(Nc1ccc2oc(-c3cc(F)c(F)cc3Cl)nc2c1)c1ccccc1[N+](=O)[O-]. The molecule has 150 valence electrons. The first-order chi connectivity index (χ1) is 14.3. The summed E-state index contributed by atoms with van der Waals surface area (Å²) >= 11 is 5.95. The average molecular weight is 430 g/mol. The molecule has 1 N–H and O–H groups in total. The molecule has 0 atom stereocenters. The third kappa shape index (κ3) is 3.58. The van der Waals surface area contributed by atoms with Gasteiger partial charge in [0.15, 0.2) is 17.2 Å². The summed E-state index contributed by atoms with van der Waals surface area (Å²) < 4.78 is 32.4. The van der Waals surface area contributed by atoms with Crippen molar-refractivity contribution >= 4 is 40.0 Å². The number of hydrogen-bond donors (Lipinski definition) is 1. The van der Waals surface area contributed by atoms with E-state index in [9.17, 15) is 23.7 Å². The molecule has 0 aliphatic carbocycles. The van der Waals surface area contributed by atoms with Crippen LogP contribution in [-0.4, -0.2) is 15.8 Å². The number of nitrogens with zero attached hydrogens (tertiary/aromatic N) is 2. The molecule has 0 saturated heterocycles. The van der Waals surface area contributed by atoms with E-state index in [1.165, 1.54) is 42.5 Å². The minimum Gasteiger partial charge on any atom is -0.436 e. The summed E-state index contributed by atoms with van der Waals surface area (Å²) in [5.74, 6) is -2.90. The van der Waals surface area contributed by atoms with Gasteiger partial charge in [-0.15, -0.1) is 0 Å². The fourth-order valence-electron chi connectivity index (χ4n) is 2.83. The largest absolute Gasteiger partial charge is 0.436 e. The van der Waals surface area contributed by atoms with Gasteiger partial charge < -0.3 is 9.73 Å². The number of nitro groups is 1. The first kappa shape index (κ1) is 19.5. The highest BCUT2D eigenvalue weighted by atomic mass is 35.5. The fourth-order valence-corrected chi connectivity index (χ4v) is 3.06. The Morgan fingerprint density at radius 2 is 1.83 bits per heavy atom. The van der Waals surface area contributed by atoms with Crippen LogP contribution >= 0.6 is 11.6 Å². The number of amides is 1. The van der Waals surface area contributed by atoms with Gasteiger partial charge in [0.2, 0.25) is 5.89 Å². The second-order valence-corrected chi connectivity index (χ2v) is 6.58. The van der Waals surface area contributed by atoms with Crippen molar-refractivity contribution in [2.24, 2.45) is 0 Å². The van der Waals surface area contributed by atoms with Crippen LogP contribution in [-0.2, 0) is 0 Å². The second kappa shape index (κ2) is 7.53. The average Bonchev–Trinajstić information content (AvgIpc) is 3.13. The Labute approximate surface area is 172 Å². The van der Waals surface area contributed by atoms with Gasteiger partial charge in [-0.05, 0) is 36.4 Å². The van der Waals surface area contributed by atoms with Crippen molar-refractivity contribution in [3.05, 3.63) is 86.9 Å². The van der Waals surface area contributed by atoms with Gasteiger partial charge in [0, 0.05) is 11.8 Å². The summed E-state index contributed by atoms with van der Waals surface area (Å²) in [6.07, 6.45) is 0. The number of para-hydroxylation sites is 1. The topological polar surface area (TPSA) is 98.3 Å². The number of nitro benzene ring substituents is 1. The number of oxazole rings is 1. The zero-order chi connectivity index (χ0) is 21.4.